The van der Waals surface area contributed by atoms with Gasteiger partial charge in [0.25, 0.3) is 0 Å². The number of carbonyl (C=O) groups is 2. The molecular weight excluding hydrogens is 336 g/mol. The van der Waals surface area contributed by atoms with Gasteiger partial charge in [-0.3, -0.25) is 4.79 Å². The molecule has 5 N–H and O–H groups in total. The lowest BCUT2D eigenvalue weighted by molar-refractivity contribution is -0.148. The van der Waals surface area contributed by atoms with E-state index in [2.05, 4.69) is 5.32 Å². The largest absolute Gasteiger partial charge is 0.504 e. The minimum atomic E-state index is -0.915. The highest BCUT2D eigenvalue weighted by atomic mass is 16.5. The van der Waals surface area contributed by atoms with Gasteiger partial charge in [0.05, 0.1) is 12.6 Å². The molecule has 1 amide bonds. The highest BCUT2D eigenvalue weighted by Gasteiger charge is 2.26. The van der Waals surface area contributed by atoms with E-state index in [1.807, 2.05) is 20.8 Å². The van der Waals surface area contributed by atoms with Crippen LogP contribution in [0.4, 0.5) is 0 Å². The quantitative estimate of drug-likeness (QED) is 0.285. The Labute approximate surface area is 154 Å². The second-order valence-electron chi connectivity index (χ2n) is 6.85. The molecule has 26 heavy (non-hydrogen) atoms. The van der Waals surface area contributed by atoms with Gasteiger partial charge in [-0.15, -0.1) is 0 Å². The van der Waals surface area contributed by atoms with Crippen LogP contribution in [0.3, 0.4) is 0 Å². The number of carbonyl (C=O) groups excluding carboxylic acids is 2. The minimum Gasteiger partial charge on any atom is -0.504 e. The second-order valence-corrected chi connectivity index (χ2v) is 6.85. The number of ether oxygens (including phenoxy) is 1. The van der Waals surface area contributed by atoms with Crippen LogP contribution < -0.4 is 11.1 Å². The third kappa shape index (κ3) is 7.31. The monoisotopic (exact) mass is 366 g/mol. The van der Waals surface area contributed by atoms with Gasteiger partial charge < -0.3 is 26.0 Å². The molecule has 1 aromatic carbocycles. The summed E-state index contributed by atoms with van der Waals surface area (Å²) in [6.45, 7) is 6.18. The van der Waals surface area contributed by atoms with Gasteiger partial charge in [0.15, 0.2) is 11.5 Å². The van der Waals surface area contributed by atoms with Crippen molar-refractivity contribution < 1.29 is 24.5 Å². The lowest BCUT2D eigenvalue weighted by Crippen LogP contribution is -2.50. The first kappa shape index (κ1) is 21.8. The van der Waals surface area contributed by atoms with Crippen molar-refractivity contribution in [1.82, 2.24) is 5.32 Å². The van der Waals surface area contributed by atoms with E-state index < -0.39 is 24.0 Å². The van der Waals surface area contributed by atoms with Crippen molar-refractivity contribution in [2.75, 3.05) is 6.61 Å². The fourth-order valence-electron chi connectivity index (χ4n) is 2.44. The van der Waals surface area contributed by atoms with Gasteiger partial charge in [-0.25, -0.2) is 4.79 Å². The molecule has 2 atom stereocenters. The van der Waals surface area contributed by atoms with Crippen LogP contribution in [0.1, 0.15) is 45.6 Å². The third-order valence-electron chi connectivity index (χ3n) is 3.88. The molecule has 0 bridgehead atoms. The number of nitrogens with one attached hydrogen (secondary N) is 1. The van der Waals surface area contributed by atoms with E-state index >= 15 is 0 Å². The maximum atomic E-state index is 12.4. The van der Waals surface area contributed by atoms with Crippen molar-refractivity contribution in [3.05, 3.63) is 23.8 Å². The van der Waals surface area contributed by atoms with E-state index in [1.165, 1.54) is 12.1 Å². The standard InChI is InChI=1S/C19H30N2O5/c1-4-5-8-26-19(25)15(21-18(24)14(20)9-12(2)3)10-13-6-7-16(22)17(23)11-13/h6-7,11-12,14-15,22-23H,4-5,8-10,20H2,1-3H3,(H,21,24)/t14-,15+/m0/s1. The summed E-state index contributed by atoms with van der Waals surface area (Å²) in [5, 5.41) is 21.7. The first-order valence-electron chi connectivity index (χ1n) is 8.98. The molecule has 0 saturated carbocycles. The zero-order chi connectivity index (χ0) is 19.7. The molecule has 1 aromatic rings. The van der Waals surface area contributed by atoms with Gasteiger partial charge >= 0.3 is 5.97 Å². The molecule has 0 aliphatic heterocycles. The van der Waals surface area contributed by atoms with Crippen LogP contribution >= 0.6 is 0 Å². The summed E-state index contributed by atoms with van der Waals surface area (Å²) in [5.41, 5.74) is 6.47. The van der Waals surface area contributed by atoms with Crippen molar-refractivity contribution >= 4 is 11.9 Å². The average Bonchev–Trinajstić information content (AvgIpc) is 2.56. The molecule has 0 heterocycles. The first-order chi connectivity index (χ1) is 12.2. The van der Waals surface area contributed by atoms with Crippen LogP contribution in [-0.4, -0.2) is 40.8 Å². The van der Waals surface area contributed by atoms with Gasteiger partial charge in [0.1, 0.15) is 6.04 Å². The maximum absolute atomic E-state index is 12.4. The molecule has 7 heteroatoms. The summed E-state index contributed by atoms with van der Waals surface area (Å²) < 4.78 is 5.23. The molecule has 146 valence electrons. The number of phenols is 2. The van der Waals surface area contributed by atoms with Crippen molar-refractivity contribution in [2.45, 2.75) is 58.5 Å². The Morgan fingerprint density at radius 2 is 1.92 bits per heavy atom. The lowest BCUT2D eigenvalue weighted by atomic mass is 10.0. The number of nitrogens with two attached hydrogens (primary N) is 1. The van der Waals surface area contributed by atoms with Crippen molar-refractivity contribution in [1.29, 1.82) is 0 Å². The van der Waals surface area contributed by atoms with E-state index in [9.17, 15) is 19.8 Å². The number of esters is 1. The summed E-state index contributed by atoms with van der Waals surface area (Å²) in [4.78, 5) is 24.7. The fourth-order valence-corrected chi connectivity index (χ4v) is 2.44. The van der Waals surface area contributed by atoms with Crippen LogP contribution in [0.25, 0.3) is 0 Å². The van der Waals surface area contributed by atoms with Gasteiger partial charge in [-0.2, -0.15) is 0 Å². The normalized spacial score (nSPS) is 13.3. The Morgan fingerprint density at radius 1 is 1.23 bits per heavy atom. The lowest BCUT2D eigenvalue weighted by Gasteiger charge is -2.21. The van der Waals surface area contributed by atoms with E-state index in [1.54, 1.807) is 6.07 Å². The number of hydrogen-bond donors (Lipinski definition) is 4. The molecule has 0 fully saturated rings. The van der Waals surface area contributed by atoms with Crippen LogP contribution in [0.15, 0.2) is 18.2 Å². The summed E-state index contributed by atoms with van der Waals surface area (Å²) in [7, 11) is 0. The number of unbranched alkanes of at least 4 members (excludes halogenated alkanes) is 1. The zero-order valence-electron chi connectivity index (χ0n) is 15.7. The summed E-state index contributed by atoms with van der Waals surface area (Å²) in [5.74, 6) is -1.25. The maximum Gasteiger partial charge on any atom is 0.328 e. The van der Waals surface area contributed by atoms with Gasteiger partial charge in [0, 0.05) is 6.42 Å². The number of rotatable bonds is 10. The van der Waals surface area contributed by atoms with Crippen molar-refractivity contribution in [3.8, 4) is 11.5 Å². The van der Waals surface area contributed by atoms with Gasteiger partial charge in [0.2, 0.25) is 5.91 Å². The zero-order valence-corrected chi connectivity index (χ0v) is 15.7. The number of hydrogen-bond acceptors (Lipinski definition) is 6. The predicted molar refractivity (Wildman–Crippen MR) is 98.7 cm³/mol. The van der Waals surface area contributed by atoms with E-state index in [4.69, 9.17) is 10.5 Å². The molecular formula is C19H30N2O5. The molecule has 0 spiro atoms. The molecule has 0 aromatic heterocycles. The van der Waals surface area contributed by atoms with E-state index in [-0.39, 0.29) is 30.4 Å². The molecule has 0 radical (unpaired) electrons. The number of phenolic OH excluding ortho intramolecular Hbond substituents is 2. The topological polar surface area (TPSA) is 122 Å². The first-order valence-corrected chi connectivity index (χ1v) is 8.98. The summed E-state index contributed by atoms with van der Waals surface area (Å²) >= 11 is 0. The Kier molecular flexibility index (Phi) is 8.92. The Morgan fingerprint density at radius 3 is 2.50 bits per heavy atom. The Bertz CT molecular complexity index is 604. The Hall–Kier alpha value is -2.28. The molecule has 0 unspecified atom stereocenters. The average molecular weight is 366 g/mol. The van der Waals surface area contributed by atoms with Gasteiger partial charge in [-0.05, 0) is 36.5 Å². The number of aromatic hydroxyl groups is 2. The number of benzene rings is 1. The second kappa shape index (κ2) is 10.7. The third-order valence-corrected chi connectivity index (χ3v) is 3.88. The summed E-state index contributed by atoms with van der Waals surface area (Å²) in [6.07, 6.45) is 2.25. The summed E-state index contributed by atoms with van der Waals surface area (Å²) in [6, 6.07) is 2.62. The van der Waals surface area contributed by atoms with Crippen molar-refractivity contribution in [2.24, 2.45) is 11.7 Å². The van der Waals surface area contributed by atoms with E-state index in [0.717, 1.165) is 12.8 Å². The highest BCUT2D eigenvalue weighted by Crippen LogP contribution is 2.25. The highest BCUT2D eigenvalue weighted by molar-refractivity contribution is 5.87. The molecule has 0 aliphatic carbocycles. The SMILES string of the molecule is CCCCOC(=O)[C@@H](Cc1ccc(O)c(O)c1)NC(=O)[C@@H](N)CC(C)C. The van der Waals surface area contributed by atoms with Gasteiger partial charge in [-0.1, -0.05) is 33.3 Å². The predicted octanol–water partition coefficient (Wildman–Crippen LogP) is 1.84. The van der Waals surface area contributed by atoms with E-state index in [0.29, 0.717) is 12.0 Å². The van der Waals surface area contributed by atoms with Crippen molar-refractivity contribution in [3.63, 3.8) is 0 Å². The number of amides is 1. The van der Waals surface area contributed by atoms with Crippen LogP contribution in [-0.2, 0) is 20.7 Å². The minimum absolute atomic E-state index is 0.124. The molecule has 1 rings (SSSR count). The van der Waals surface area contributed by atoms with Crippen LogP contribution in [0.2, 0.25) is 0 Å². The smallest absolute Gasteiger partial charge is 0.328 e. The molecule has 0 aliphatic rings. The fraction of sp³-hybridized carbons (Fsp3) is 0.579. The molecule has 7 nitrogen and oxygen atoms in total. The Balaban J connectivity index is 2.85. The molecule has 0 saturated heterocycles. The van der Waals surface area contributed by atoms with Crippen LogP contribution in [0.5, 0.6) is 11.5 Å². The van der Waals surface area contributed by atoms with Crippen LogP contribution in [0, 0.1) is 5.92 Å².